The van der Waals surface area contributed by atoms with Gasteiger partial charge >= 0.3 is 5.97 Å². The van der Waals surface area contributed by atoms with E-state index < -0.39 is 17.0 Å². The molecule has 8 heteroatoms. The van der Waals surface area contributed by atoms with Crippen LogP contribution in [-0.2, 0) is 33.0 Å². The number of hydrogen-bond acceptors (Lipinski definition) is 7. The summed E-state index contributed by atoms with van der Waals surface area (Å²) >= 11 is 0. The van der Waals surface area contributed by atoms with Crippen LogP contribution in [0, 0.1) is 0 Å². The summed E-state index contributed by atoms with van der Waals surface area (Å²) in [5.41, 5.74) is 3.40. The standard InChI is InChI=1S/C29H26N2O4S2/c1-3-29(35-27(37-36-4-2)18-10-6-5-7-11-18)22-15-24-25-20(14-19-12-8-9-13-23(19)30-25)16-31(24)26(32)21(22)17-34-28(29)33/h5-15,27H,3-4,16-17H2,1-2H3/t27?,29-/m0/s1. The predicted molar refractivity (Wildman–Crippen MR) is 148 cm³/mol. The first-order chi connectivity index (χ1) is 18.1. The van der Waals surface area contributed by atoms with Crippen molar-refractivity contribution in [3.63, 3.8) is 0 Å². The molecule has 6 nitrogen and oxygen atoms in total. The van der Waals surface area contributed by atoms with Crippen LogP contribution in [0.25, 0.3) is 22.3 Å². The highest BCUT2D eigenvalue weighted by Gasteiger charge is 2.50. The van der Waals surface area contributed by atoms with Crippen molar-refractivity contribution in [3.8, 4) is 11.4 Å². The Labute approximate surface area is 222 Å². The molecule has 2 aliphatic rings. The van der Waals surface area contributed by atoms with Gasteiger partial charge in [0.25, 0.3) is 5.56 Å². The SMILES string of the molecule is CCSSC(O[C@]1(CC)C(=O)OCc2c1cc1n(c2=O)Cc2cc3ccccc3nc2-1)c1ccccc1. The number of carbonyl (C=O) groups is 1. The highest BCUT2D eigenvalue weighted by atomic mass is 33.1. The van der Waals surface area contributed by atoms with Gasteiger partial charge in [0, 0.05) is 22.3 Å². The van der Waals surface area contributed by atoms with Gasteiger partial charge in [0.15, 0.2) is 5.60 Å². The summed E-state index contributed by atoms with van der Waals surface area (Å²) in [6, 6.07) is 21.8. The molecule has 37 heavy (non-hydrogen) atoms. The zero-order valence-electron chi connectivity index (χ0n) is 20.6. The molecule has 0 N–H and O–H groups in total. The first-order valence-corrected chi connectivity index (χ1v) is 14.8. The second-order valence-electron chi connectivity index (χ2n) is 9.12. The van der Waals surface area contributed by atoms with Crippen molar-refractivity contribution in [3.05, 3.63) is 99.3 Å². The Hall–Kier alpha value is -3.07. The van der Waals surface area contributed by atoms with Crippen molar-refractivity contribution in [1.82, 2.24) is 9.55 Å². The number of hydrogen-bond donors (Lipinski definition) is 0. The maximum absolute atomic E-state index is 13.8. The van der Waals surface area contributed by atoms with E-state index >= 15 is 0 Å². The number of rotatable bonds is 7. The van der Waals surface area contributed by atoms with Crippen LogP contribution in [0.2, 0.25) is 0 Å². The van der Waals surface area contributed by atoms with Crippen LogP contribution in [0.1, 0.15) is 48.0 Å². The minimum atomic E-state index is -1.40. The van der Waals surface area contributed by atoms with Gasteiger partial charge in [-0.25, -0.2) is 9.78 Å². The van der Waals surface area contributed by atoms with Gasteiger partial charge in [-0.15, -0.1) is 0 Å². The molecule has 0 amide bonds. The fourth-order valence-electron chi connectivity index (χ4n) is 5.17. The number of nitrogens with zero attached hydrogens (tertiary/aromatic N) is 2. The Kier molecular flexibility index (Phi) is 6.34. The second-order valence-corrected chi connectivity index (χ2v) is 11.8. The third-order valence-corrected chi connectivity index (χ3v) is 9.59. The first-order valence-electron chi connectivity index (χ1n) is 12.4. The minimum absolute atomic E-state index is 0.0585. The Morgan fingerprint density at radius 3 is 2.65 bits per heavy atom. The van der Waals surface area contributed by atoms with Crippen LogP contribution in [0.4, 0.5) is 0 Å². The molecular formula is C29H26N2O4S2. The molecule has 0 saturated heterocycles. The van der Waals surface area contributed by atoms with E-state index in [0.717, 1.165) is 33.5 Å². The fraction of sp³-hybridized carbons (Fsp3) is 0.276. The molecule has 4 heterocycles. The molecule has 2 atom stereocenters. The molecule has 6 rings (SSSR count). The number of pyridine rings is 2. The zero-order valence-corrected chi connectivity index (χ0v) is 22.2. The van der Waals surface area contributed by atoms with E-state index in [1.54, 1.807) is 26.2 Å². The number of ether oxygens (including phenoxy) is 2. The summed E-state index contributed by atoms with van der Waals surface area (Å²) in [6.45, 7) is 4.37. The second kappa shape index (κ2) is 9.67. The van der Waals surface area contributed by atoms with Crippen molar-refractivity contribution in [2.24, 2.45) is 0 Å². The van der Waals surface area contributed by atoms with Gasteiger partial charge in [0.2, 0.25) is 0 Å². The van der Waals surface area contributed by atoms with Crippen LogP contribution in [0.3, 0.4) is 0 Å². The number of fused-ring (bicyclic) bond motifs is 5. The molecule has 0 saturated carbocycles. The van der Waals surface area contributed by atoms with E-state index in [9.17, 15) is 9.59 Å². The zero-order chi connectivity index (χ0) is 25.6. The van der Waals surface area contributed by atoms with E-state index in [2.05, 4.69) is 13.0 Å². The molecule has 2 aromatic carbocycles. The smallest absolute Gasteiger partial charge is 0.343 e. The van der Waals surface area contributed by atoms with E-state index in [4.69, 9.17) is 14.5 Å². The number of benzene rings is 2. The molecule has 0 radical (unpaired) electrons. The average molecular weight is 531 g/mol. The van der Waals surface area contributed by atoms with Crippen molar-refractivity contribution in [2.45, 2.75) is 44.5 Å². The molecule has 1 unspecified atom stereocenters. The van der Waals surface area contributed by atoms with Crippen LogP contribution < -0.4 is 5.56 Å². The third kappa shape index (κ3) is 3.98. The van der Waals surface area contributed by atoms with E-state index in [0.29, 0.717) is 29.8 Å². The Balaban J connectivity index is 1.51. The monoisotopic (exact) mass is 530 g/mol. The summed E-state index contributed by atoms with van der Waals surface area (Å²) in [5.74, 6) is 0.433. The molecule has 0 fully saturated rings. The fourth-order valence-corrected chi connectivity index (χ4v) is 7.14. The van der Waals surface area contributed by atoms with Crippen LogP contribution in [-0.4, -0.2) is 21.3 Å². The van der Waals surface area contributed by atoms with Gasteiger partial charge in [-0.05, 0) is 30.2 Å². The predicted octanol–water partition coefficient (Wildman–Crippen LogP) is 6.20. The maximum atomic E-state index is 13.8. The highest BCUT2D eigenvalue weighted by molar-refractivity contribution is 8.76. The largest absolute Gasteiger partial charge is 0.458 e. The van der Waals surface area contributed by atoms with Crippen LogP contribution in [0.15, 0.2) is 71.5 Å². The maximum Gasteiger partial charge on any atom is 0.343 e. The number of carbonyl (C=O) groups excluding carboxylic acids is 1. The summed E-state index contributed by atoms with van der Waals surface area (Å²) in [5, 5.41) is 1.03. The van der Waals surface area contributed by atoms with Gasteiger partial charge in [-0.1, -0.05) is 84.0 Å². The number of esters is 1. The molecule has 0 bridgehead atoms. The van der Waals surface area contributed by atoms with E-state index in [1.807, 2.05) is 67.6 Å². The molecule has 0 spiro atoms. The number of cyclic esters (lactones) is 1. The van der Waals surface area contributed by atoms with Gasteiger partial charge in [0.05, 0.1) is 29.0 Å². The summed E-state index contributed by atoms with van der Waals surface area (Å²) in [6.07, 6.45) is 0.334. The molecule has 188 valence electrons. The number of para-hydroxylation sites is 1. The topological polar surface area (TPSA) is 70.4 Å². The lowest BCUT2D eigenvalue weighted by atomic mass is 9.85. The normalized spacial score (nSPS) is 18.7. The van der Waals surface area contributed by atoms with Crippen LogP contribution in [0.5, 0.6) is 0 Å². The van der Waals surface area contributed by atoms with E-state index in [1.165, 1.54) is 0 Å². The third-order valence-electron chi connectivity index (χ3n) is 7.04. The van der Waals surface area contributed by atoms with E-state index in [-0.39, 0.29) is 12.2 Å². The lowest BCUT2D eigenvalue weighted by molar-refractivity contribution is -0.183. The Morgan fingerprint density at radius 2 is 1.86 bits per heavy atom. The van der Waals surface area contributed by atoms with Crippen molar-refractivity contribution >= 4 is 38.5 Å². The minimum Gasteiger partial charge on any atom is -0.458 e. The van der Waals surface area contributed by atoms with Gasteiger partial charge < -0.3 is 14.0 Å². The van der Waals surface area contributed by atoms with Gasteiger partial charge in [-0.2, -0.15) is 0 Å². The number of aromatic nitrogens is 2. The van der Waals surface area contributed by atoms with Gasteiger partial charge in [-0.3, -0.25) is 4.79 Å². The lowest BCUT2D eigenvalue weighted by Crippen LogP contribution is -2.46. The molecule has 2 aliphatic heterocycles. The highest BCUT2D eigenvalue weighted by Crippen LogP contribution is 2.48. The Bertz CT molecular complexity index is 1570. The first kappa shape index (κ1) is 24.3. The van der Waals surface area contributed by atoms with Crippen molar-refractivity contribution in [2.75, 3.05) is 5.75 Å². The summed E-state index contributed by atoms with van der Waals surface area (Å²) < 4.78 is 14.1. The van der Waals surface area contributed by atoms with Gasteiger partial charge in [0.1, 0.15) is 12.0 Å². The summed E-state index contributed by atoms with van der Waals surface area (Å²) in [4.78, 5) is 32.2. The molecule has 2 aromatic heterocycles. The van der Waals surface area contributed by atoms with Crippen molar-refractivity contribution in [1.29, 1.82) is 0 Å². The molecule has 4 aromatic rings. The van der Waals surface area contributed by atoms with Crippen molar-refractivity contribution < 1.29 is 14.3 Å². The lowest BCUT2D eigenvalue weighted by Gasteiger charge is -2.38. The average Bonchev–Trinajstić information content (AvgIpc) is 3.29. The summed E-state index contributed by atoms with van der Waals surface area (Å²) in [7, 11) is 3.24. The quantitative estimate of drug-likeness (QED) is 0.141. The van der Waals surface area contributed by atoms with Crippen LogP contribution >= 0.6 is 21.6 Å². The molecule has 0 aliphatic carbocycles. The Morgan fingerprint density at radius 1 is 1.08 bits per heavy atom. The molecular weight excluding hydrogens is 504 g/mol.